The summed E-state index contributed by atoms with van der Waals surface area (Å²) >= 11 is 0. The Morgan fingerprint density at radius 1 is 1.42 bits per heavy atom. The number of aromatic nitrogens is 3. The molecule has 0 saturated carbocycles. The first-order valence-corrected chi connectivity index (χ1v) is 6.30. The molecule has 19 heavy (non-hydrogen) atoms. The highest BCUT2D eigenvalue weighted by molar-refractivity contribution is 5.69. The Balaban J connectivity index is 2.07. The molecule has 0 saturated heterocycles. The van der Waals surface area contributed by atoms with Crippen LogP contribution in [0, 0.1) is 0 Å². The van der Waals surface area contributed by atoms with Crippen molar-refractivity contribution in [3.63, 3.8) is 0 Å². The van der Waals surface area contributed by atoms with Gasteiger partial charge in [-0.1, -0.05) is 6.07 Å². The lowest BCUT2D eigenvalue weighted by atomic mass is 10.2. The second kappa shape index (κ2) is 6.13. The maximum absolute atomic E-state index is 11.3. The molecule has 0 spiro atoms. The summed E-state index contributed by atoms with van der Waals surface area (Å²) in [6.45, 7) is 2.22. The normalized spacial score (nSPS) is 10.4. The third kappa shape index (κ3) is 3.40. The largest absolute Gasteiger partial charge is 0.466 e. The summed E-state index contributed by atoms with van der Waals surface area (Å²) in [5.41, 5.74) is 2.69. The van der Waals surface area contributed by atoms with Crippen LogP contribution in [-0.4, -0.2) is 27.3 Å². The SMILES string of the molecule is CCOC(=O)CCc1cc(-c2ccccn2)n(C)n1. The van der Waals surface area contributed by atoms with Crippen molar-refractivity contribution in [3.8, 4) is 11.4 Å². The molecule has 2 aromatic rings. The molecule has 0 bridgehead atoms. The smallest absolute Gasteiger partial charge is 0.306 e. The van der Waals surface area contributed by atoms with Crippen LogP contribution in [0.1, 0.15) is 19.0 Å². The number of nitrogens with zero attached hydrogens (tertiary/aromatic N) is 3. The molecule has 2 heterocycles. The maximum Gasteiger partial charge on any atom is 0.306 e. The van der Waals surface area contributed by atoms with Crippen molar-refractivity contribution in [2.45, 2.75) is 19.8 Å². The lowest BCUT2D eigenvalue weighted by molar-refractivity contribution is -0.143. The fourth-order valence-electron chi connectivity index (χ4n) is 1.87. The lowest BCUT2D eigenvalue weighted by Gasteiger charge is -1.98. The van der Waals surface area contributed by atoms with Crippen LogP contribution in [0.5, 0.6) is 0 Å². The van der Waals surface area contributed by atoms with Gasteiger partial charge in [-0.3, -0.25) is 14.5 Å². The van der Waals surface area contributed by atoms with Crippen LogP contribution < -0.4 is 0 Å². The van der Waals surface area contributed by atoms with Crippen LogP contribution in [-0.2, 0) is 23.0 Å². The molecule has 5 nitrogen and oxygen atoms in total. The van der Waals surface area contributed by atoms with Crippen molar-refractivity contribution >= 4 is 5.97 Å². The Morgan fingerprint density at radius 3 is 2.95 bits per heavy atom. The average molecular weight is 259 g/mol. The highest BCUT2D eigenvalue weighted by Gasteiger charge is 2.10. The van der Waals surface area contributed by atoms with Crippen molar-refractivity contribution < 1.29 is 9.53 Å². The summed E-state index contributed by atoms with van der Waals surface area (Å²) in [6.07, 6.45) is 2.69. The number of hydrogen-bond donors (Lipinski definition) is 0. The van der Waals surface area contributed by atoms with Gasteiger partial charge in [-0.2, -0.15) is 5.10 Å². The van der Waals surface area contributed by atoms with Crippen molar-refractivity contribution in [2.24, 2.45) is 7.05 Å². The first kappa shape index (κ1) is 13.3. The third-order valence-corrected chi connectivity index (χ3v) is 2.75. The Hall–Kier alpha value is -2.17. The fourth-order valence-corrected chi connectivity index (χ4v) is 1.87. The molecule has 0 amide bonds. The van der Waals surface area contributed by atoms with Crippen LogP contribution in [0.25, 0.3) is 11.4 Å². The summed E-state index contributed by atoms with van der Waals surface area (Å²) < 4.78 is 6.68. The van der Waals surface area contributed by atoms with Crippen molar-refractivity contribution in [1.82, 2.24) is 14.8 Å². The number of esters is 1. The molecular weight excluding hydrogens is 242 g/mol. The van der Waals surface area contributed by atoms with E-state index >= 15 is 0 Å². The Labute approximate surface area is 112 Å². The van der Waals surface area contributed by atoms with Crippen molar-refractivity contribution in [2.75, 3.05) is 6.61 Å². The van der Waals surface area contributed by atoms with E-state index in [2.05, 4.69) is 10.1 Å². The molecule has 0 fully saturated rings. The summed E-state index contributed by atoms with van der Waals surface area (Å²) in [7, 11) is 1.87. The second-order valence-electron chi connectivity index (χ2n) is 4.16. The monoisotopic (exact) mass is 259 g/mol. The van der Waals surface area contributed by atoms with Gasteiger partial charge in [-0.25, -0.2) is 0 Å². The zero-order valence-corrected chi connectivity index (χ0v) is 11.2. The van der Waals surface area contributed by atoms with Gasteiger partial charge in [0.25, 0.3) is 0 Å². The number of ether oxygens (including phenoxy) is 1. The Morgan fingerprint density at radius 2 is 2.26 bits per heavy atom. The zero-order chi connectivity index (χ0) is 13.7. The summed E-state index contributed by atoms with van der Waals surface area (Å²) in [5.74, 6) is -0.187. The van der Waals surface area contributed by atoms with Crippen LogP contribution in [0.3, 0.4) is 0 Å². The van der Waals surface area contributed by atoms with E-state index < -0.39 is 0 Å². The summed E-state index contributed by atoms with van der Waals surface area (Å²) in [6, 6.07) is 7.71. The van der Waals surface area contributed by atoms with E-state index in [1.165, 1.54) is 0 Å². The number of pyridine rings is 1. The van der Waals surface area contributed by atoms with Gasteiger partial charge in [0.2, 0.25) is 0 Å². The molecule has 0 unspecified atom stereocenters. The minimum absolute atomic E-state index is 0.187. The minimum atomic E-state index is -0.187. The number of aryl methyl sites for hydroxylation is 2. The highest BCUT2D eigenvalue weighted by Crippen LogP contribution is 2.17. The van der Waals surface area contributed by atoms with E-state index in [9.17, 15) is 4.79 Å². The van der Waals surface area contributed by atoms with Gasteiger partial charge >= 0.3 is 5.97 Å². The van der Waals surface area contributed by atoms with Crippen LogP contribution in [0.4, 0.5) is 0 Å². The van der Waals surface area contributed by atoms with Gasteiger partial charge in [0, 0.05) is 19.7 Å². The lowest BCUT2D eigenvalue weighted by Crippen LogP contribution is -2.05. The van der Waals surface area contributed by atoms with Crippen LogP contribution in [0.2, 0.25) is 0 Å². The minimum Gasteiger partial charge on any atom is -0.466 e. The van der Waals surface area contributed by atoms with E-state index in [0.717, 1.165) is 17.1 Å². The predicted octanol–water partition coefficient (Wildman–Crippen LogP) is 1.98. The summed E-state index contributed by atoms with van der Waals surface area (Å²) in [5, 5.41) is 4.39. The van der Waals surface area contributed by atoms with Gasteiger partial charge < -0.3 is 4.74 Å². The molecule has 0 N–H and O–H groups in total. The van der Waals surface area contributed by atoms with E-state index in [1.54, 1.807) is 17.8 Å². The van der Waals surface area contributed by atoms with Crippen LogP contribution >= 0.6 is 0 Å². The maximum atomic E-state index is 11.3. The highest BCUT2D eigenvalue weighted by atomic mass is 16.5. The number of carbonyl (C=O) groups is 1. The molecule has 5 heteroatoms. The Kier molecular flexibility index (Phi) is 4.28. The molecule has 0 aliphatic rings. The third-order valence-electron chi connectivity index (χ3n) is 2.75. The van der Waals surface area contributed by atoms with Gasteiger partial charge in [-0.15, -0.1) is 0 Å². The van der Waals surface area contributed by atoms with Crippen molar-refractivity contribution in [1.29, 1.82) is 0 Å². The van der Waals surface area contributed by atoms with Gasteiger partial charge in [0.05, 0.1) is 30.1 Å². The average Bonchev–Trinajstić information content (AvgIpc) is 2.79. The second-order valence-corrected chi connectivity index (χ2v) is 4.16. The van der Waals surface area contributed by atoms with Gasteiger partial charge in [-0.05, 0) is 25.1 Å². The van der Waals surface area contributed by atoms with E-state index in [-0.39, 0.29) is 5.97 Å². The van der Waals surface area contributed by atoms with E-state index in [0.29, 0.717) is 19.4 Å². The zero-order valence-electron chi connectivity index (χ0n) is 11.2. The molecule has 0 radical (unpaired) electrons. The molecule has 0 aromatic carbocycles. The topological polar surface area (TPSA) is 57.0 Å². The molecule has 0 atom stereocenters. The number of rotatable bonds is 5. The van der Waals surface area contributed by atoms with Gasteiger partial charge in [0.15, 0.2) is 0 Å². The molecular formula is C14H17N3O2. The molecule has 100 valence electrons. The number of hydrogen-bond acceptors (Lipinski definition) is 4. The van der Waals surface area contributed by atoms with E-state index in [4.69, 9.17) is 4.74 Å². The van der Waals surface area contributed by atoms with Crippen LogP contribution in [0.15, 0.2) is 30.5 Å². The Bertz CT molecular complexity index is 549. The fraction of sp³-hybridized carbons (Fsp3) is 0.357. The van der Waals surface area contributed by atoms with Crippen molar-refractivity contribution in [3.05, 3.63) is 36.2 Å². The van der Waals surface area contributed by atoms with Gasteiger partial charge in [0.1, 0.15) is 0 Å². The summed E-state index contributed by atoms with van der Waals surface area (Å²) in [4.78, 5) is 15.6. The first-order chi connectivity index (χ1) is 9.20. The molecule has 2 rings (SSSR count). The molecule has 0 aliphatic heterocycles. The number of carbonyl (C=O) groups excluding carboxylic acids is 1. The first-order valence-electron chi connectivity index (χ1n) is 6.30. The van der Waals surface area contributed by atoms with E-state index in [1.807, 2.05) is 31.3 Å². The quantitative estimate of drug-likeness (QED) is 0.770. The molecule has 2 aromatic heterocycles. The standard InChI is InChI=1S/C14H17N3O2/c1-3-19-14(18)8-7-11-10-13(17(2)16-11)12-6-4-5-9-15-12/h4-6,9-10H,3,7-8H2,1-2H3. The predicted molar refractivity (Wildman–Crippen MR) is 71.4 cm³/mol. The molecule has 0 aliphatic carbocycles.